The maximum atomic E-state index is 12.0. The smallest absolute Gasteiger partial charge is 0.342 e. The van der Waals surface area contributed by atoms with Gasteiger partial charge in [-0.2, -0.15) is 0 Å². The minimum absolute atomic E-state index is 0.102. The topological polar surface area (TPSA) is 76.0 Å². The number of phenolic OH excluding ortho intramolecular Hbond substituents is 1. The third-order valence-corrected chi connectivity index (χ3v) is 3.73. The van der Waals surface area contributed by atoms with Crippen molar-refractivity contribution >= 4 is 16.7 Å². The summed E-state index contributed by atoms with van der Waals surface area (Å²) in [6.45, 7) is 3.81. The normalized spacial score (nSPS) is 11.0. The predicted molar refractivity (Wildman–Crippen MR) is 83.5 cm³/mol. The Morgan fingerprint density at radius 3 is 2.36 bits per heavy atom. The molecule has 2 rings (SSSR count). The monoisotopic (exact) mass is 304 g/mol. The van der Waals surface area contributed by atoms with Crippen LogP contribution in [-0.2, 0) is 11.3 Å². The number of carbonyl (C=O) groups excluding carboxylic acids is 1. The van der Waals surface area contributed by atoms with Gasteiger partial charge in [-0.05, 0) is 35.1 Å². The number of hydrogen-bond acceptors (Lipinski definition) is 5. The Morgan fingerprint density at radius 1 is 1.18 bits per heavy atom. The molecule has 2 N–H and O–H groups in total. The molecule has 0 aromatic heterocycles. The molecule has 5 heteroatoms. The minimum atomic E-state index is -0.614. The lowest BCUT2D eigenvalue weighted by Gasteiger charge is -2.17. The van der Waals surface area contributed by atoms with E-state index >= 15 is 0 Å². The van der Waals surface area contributed by atoms with Crippen LogP contribution < -0.4 is 4.74 Å². The van der Waals surface area contributed by atoms with Crippen LogP contribution in [0.5, 0.6) is 11.5 Å². The summed E-state index contributed by atoms with van der Waals surface area (Å²) < 4.78 is 10.0. The molecule has 2 aromatic rings. The van der Waals surface area contributed by atoms with E-state index in [0.29, 0.717) is 16.7 Å². The van der Waals surface area contributed by atoms with Crippen molar-refractivity contribution in [1.82, 2.24) is 0 Å². The van der Waals surface area contributed by atoms with Crippen molar-refractivity contribution in [2.45, 2.75) is 26.4 Å². The molecule has 0 saturated heterocycles. The number of fused-ring (bicyclic) bond motifs is 1. The first-order valence-electron chi connectivity index (χ1n) is 7.00. The van der Waals surface area contributed by atoms with Gasteiger partial charge in [-0.15, -0.1) is 0 Å². The van der Waals surface area contributed by atoms with Crippen molar-refractivity contribution in [3.8, 4) is 11.5 Å². The van der Waals surface area contributed by atoms with Crippen LogP contribution in [0.3, 0.4) is 0 Å². The highest BCUT2D eigenvalue weighted by Crippen LogP contribution is 2.38. The Labute approximate surface area is 129 Å². The number of aliphatic hydroxyl groups excluding tert-OH is 1. The van der Waals surface area contributed by atoms with Gasteiger partial charge in [0.1, 0.15) is 17.1 Å². The lowest BCUT2D eigenvalue weighted by Crippen LogP contribution is -2.05. The summed E-state index contributed by atoms with van der Waals surface area (Å²) in [6, 6.07) is 5.01. The lowest BCUT2D eigenvalue weighted by molar-refractivity contribution is 0.0600. The van der Waals surface area contributed by atoms with Gasteiger partial charge >= 0.3 is 5.97 Å². The Balaban J connectivity index is 2.95. The largest absolute Gasteiger partial charge is 0.507 e. The summed E-state index contributed by atoms with van der Waals surface area (Å²) in [6.07, 6.45) is 0. The maximum Gasteiger partial charge on any atom is 0.342 e. The molecule has 0 saturated carbocycles. The van der Waals surface area contributed by atoms with Crippen molar-refractivity contribution < 1.29 is 24.5 Å². The van der Waals surface area contributed by atoms with Gasteiger partial charge in [0, 0.05) is 10.9 Å². The second-order valence-electron chi connectivity index (χ2n) is 5.37. The molecule has 0 aliphatic heterocycles. The fourth-order valence-corrected chi connectivity index (χ4v) is 2.61. The van der Waals surface area contributed by atoms with Gasteiger partial charge < -0.3 is 19.7 Å². The average molecular weight is 304 g/mol. The van der Waals surface area contributed by atoms with E-state index in [1.807, 2.05) is 13.8 Å². The zero-order chi connectivity index (χ0) is 16.4. The Hall–Kier alpha value is -2.27. The number of aliphatic hydroxyl groups is 1. The number of benzene rings is 2. The summed E-state index contributed by atoms with van der Waals surface area (Å²) >= 11 is 0. The fraction of sp³-hybridized carbons (Fsp3) is 0.353. The zero-order valence-electron chi connectivity index (χ0n) is 13.1. The van der Waals surface area contributed by atoms with E-state index in [2.05, 4.69) is 0 Å². The molecule has 0 atom stereocenters. The number of methoxy groups -OCH3 is 2. The van der Waals surface area contributed by atoms with Crippen LogP contribution >= 0.6 is 0 Å². The first-order valence-corrected chi connectivity index (χ1v) is 7.00. The zero-order valence-corrected chi connectivity index (χ0v) is 13.1. The fourth-order valence-electron chi connectivity index (χ4n) is 2.61. The van der Waals surface area contributed by atoms with Crippen LogP contribution in [0.2, 0.25) is 0 Å². The highest BCUT2D eigenvalue weighted by molar-refractivity contribution is 6.08. The molecule has 118 valence electrons. The van der Waals surface area contributed by atoms with Crippen LogP contribution in [-0.4, -0.2) is 30.4 Å². The molecular formula is C17H20O5. The second-order valence-corrected chi connectivity index (χ2v) is 5.37. The summed E-state index contributed by atoms with van der Waals surface area (Å²) in [5.41, 5.74) is 1.61. The maximum absolute atomic E-state index is 12.0. The molecule has 0 unspecified atom stereocenters. The molecule has 2 aromatic carbocycles. The highest BCUT2D eigenvalue weighted by Gasteiger charge is 2.21. The van der Waals surface area contributed by atoms with Crippen molar-refractivity contribution in [3.05, 3.63) is 34.9 Å². The highest BCUT2D eigenvalue weighted by atomic mass is 16.5. The van der Waals surface area contributed by atoms with Crippen molar-refractivity contribution in [3.63, 3.8) is 0 Å². The van der Waals surface area contributed by atoms with E-state index < -0.39 is 5.97 Å². The molecule has 0 bridgehead atoms. The first kappa shape index (κ1) is 16.1. The first-order chi connectivity index (χ1) is 10.4. The molecule has 0 radical (unpaired) electrons. The van der Waals surface area contributed by atoms with Gasteiger partial charge in [-0.25, -0.2) is 4.79 Å². The van der Waals surface area contributed by atoms with Gasteiger partial charge in [0.25, 0.3) is 0 Å². The number of hydrogen-bond donors (Lipinski definition) is 2. The molecule has 22 heavy (non-hydrogen) atoms. The van der Waals surface area contributed by atoms with Crippen molar-refractivity contribution in [2.75, 3.05) is 14.2 Å². The van der Waals surface area contributed by atoms with E-state index in [1.165, 1.54) is 14.2 Å². The van der Waals surface area contributed by atoms with Crippen LogP contribution in [0.1, 0.15) is 41.3 Å². The number of esters is 1. The van der Waals surface area contributed by atoms with Gasteiger partial charge in [-0.3, -0.25) is 0 Å². The molecule has 0 heterocycles. The van der Waals surface area contributed by atoms with Crippen LogP contribution in [0.25, 0.3) is 10.8 Å². The number of aromatic hydroxyl groups is 1. The molecule has 0 spiro atoms. The van der Waals surface area contributed by atoms with Gasteiger partial charge in [0.15, 0.2) is 0 Å². The molecule has 0 fully saturated rings. The Bertz CT molecular complexity index is 719. The molecule has 5 nitrogen and oxygen atoms in total. The lowest BCUT2D eigenvalue weighted by atomic mass is 9.91. The molecule has 0 aliphatic carbocycles. The number of rotatable bonds is 4. The molecule has 0 aliphatic rings. The van der Waals surface area contributed by atoms with E-state index in [9.17, 15) is 15.0 Å². The van der Waals surface area contributed by atoms with Crippen molar-refractivity contribution in [2.24, 2.45) is 0 Å². The van der Waals surface area contributed by atoms with Crippen LogP contribution in [0, 0.1) is 0 Å². The van der Waals surface area contributed by atoms with Gasteiger partial charge in [-0.1, -0.05) is 13.8 Å². The van der Waals surface area contributed by atoms with E-state index in [-0.39, 0.29) is 23.8 Å². The molecule has 0 amide bonds. The standard InChI is InChI=1S/C17H20O5/c1-9(2)11-6-14(19)16(17(20)22-4)13-7-15(21-3)10(8-18)5-12(11)13/h5-7,9,18-19H,8H2,1-4H3. The van der Waals surface area contributed by atoms with Gasteiger partial charge in [0.05, 0.1) is 20.8 Å². The van der Waals surface area contributed by atoms with Crippen LogP contribution in [0.15, 0.2) is 18.2 Å². The predicted octanol–water partition coefficient (Wildman–Crippen LogP) is 2.96. The summed E-state index contributed by atoms with van der Waals surface area (Å²) in [5.74, 6) is -0.140. The Kier molecular flexibility index (Phi) is 4.56. The molecular weight excluding hydrogens is 284 g/mol. The number of ether oxygens (including phenoxy) is 2. The van der Waals surface area contributed by atoms with Crippen molar-refractivity contribution in [1.29, 1.82) is 0 Å². The van der Waals surface area contributed by atoms with Gasteiger partial charge in [0.2, 0.25) is 0 Å². The average Bonchev–Trinajstić information content (AvgIpc) is 2.51. The third-order valence-electron chi connectivity index (χ3n) is 3.73. The number of carbonyl (C=O) groups is 1. The quantitative estimate of drug-likeness (QED) is 0.849. The Morgan fingerprint density at radius 2 is 1.86 bits per heavy atom. The SMILES string of the molecule is COC(=O)c1c(O)cc(C(C)C)c2cc(CO)c(OC)cc12. The van der Waals surface area contributed by atoms with E-state index in [4.69, 9.17) is 9.47 Å². The summed E-state index contributed by atoms with van der Waals surface area (Å²) in [7, 11) is 2.76. The number of phenols is 1. The minimum Gasteiger partial charge on any atom is -0.507 e. The second kappa shape index (κ2) is 6.23. The van der Waals surface area contributed by atoms with E-state index in [0.717, 1.165) is 10.9 Å². The van der Waals surface area contributed by atoms with Crippen LogP contribution in [0.4, 0.5) is 0 Å². The summed E-state index contributed by atoms with van der Waals surface area (Å²) in [5, 5.41) is 21.1. The van der Waals surface area contributed by atoms with E-state index in [1.54, 1.807) is 18.2 Å². The summed E-state index contributed by atoms with van der Waals surface area (Å²) in [4.78, 5) is 12.0. The third kappa shape index (κ3) is 2.60.